The molecule has 1 N–H and O–H groups in total. The van der Waals surface area contributed by atoms with E-state index in [4.69, 9.17) is 4.74 Å². The summed E-state index contributed by atoms with van der Waals surface area (Å²) in [4.78, 5) is 29.0. The van der Waals surface area contributed by atoms with E-state index in [0.717, 1.165) is 23.1 Å². The zero-order valence-corrected chi connectivity index (χ0v) is 22.7. The van der Waals surface area contributed by atoms with Gasteiger partial charge in [-0.05, 0) is 60.6 Å². The molecule has 0 saturated carbocycles. The number of rotatable bonds is 12. The van der Waals surface area contributed by atoms with Crippen LogP contribution < -0.4 is 10.1 Å². The van der Waals surface area contributed by atoms with E-state index in [1.807, 2.05) is 99.6 Å². The summed E-state index contributed by atoms with van der Waals surface area (Å²) in [5, 5.41) is 3.10. The van der Waals surface area contributed by atoms with Crippen molar-refractivity contribution in [1.82, 2.24) is 10.2 Å². The van der Waals surface area contributed by atoms with Crippen molar-refractivity contribution in [3.63, 3.8) is 0 Å². The maximum atomic E-state index is 13.7. The first-order chi connectivity index (χ1) is 17.8. The van der Waals surface area contributed by atoms with Gasteiger partial charge in [-0.15, -0.1) is 0 Å². The van der Waals surface area contributed by atoms with Crippen molar-refractivity contribution in [1.29, 1.82) is 0 Å². The van der Waals surface area contributed by atoms with Crippen LogP contribution in [0.4, 0.5) is 0 Å². The number of amides is 2. The van der Waals surface area contributed by atoms with E-state index in [2.05, 4.69) is 19.2 Å². The van der Waals surface area contributed by atoms with Gasteiger partial charge in [0.25, 0.3) is 5.91 Å². The molecule has 0 aliphatic rings. The van der Waals surface area contributed by atoms with Gasteiger partial charge in [-0.25, -0.2) is 0 Å². The Morgan fingerprint density at radius 3 is 2.16 bits per heavy atom. The predicted molar refractivity (Wildman–Crippen MR) is 150 cm³/mol. The van der Waals surface area contributed by atoms with E-state index in [-0.39, 0.29) is 24.5 Å². The van der Waals surface area contributed by atoms with Crippen molar-refractivity contribution < 1.29 is 14.3 Å². The fraction of sp³-hybridized carbons (Fsp3) is 0.375. The van der Waals surface area contributed by atoms with Crippen LogP contribution >= 0.6 is 0 Å². The molecule has 2 atom stereocenters. The first kappa shape index (κ1) is 28.0. The molecule has 0 aliphatic heterocycles. The number of hydrogen-bond acceptors (Lipinski definition) is 3. The molecule has 0 aromatic heterocycles. The number of ether oxygens (including phenoxy) is 1. The lowest BCUT2D eigenvalue weighted by atomic mass is 10.0. The molecule has 0 bridgehead atoms. The molecule has 5 nitrogen and oxygen atoms in total. The predicted octanol–water partition coefficient (Wildman–Crippen LogP) is 6.05. The molecule has 2 amide bonds. The zero-order chi connectivity index (χ0) is 26.8. The number of nitrogens with zero attached hydrogens (tertiary/aromatic N) is 1. The topological polar surface area (TPSA) is 58.6 Å². The molecule has 3 rings (SSSR count). The fourth-order valence-electron chi connectivity index (χ4n) is 4.14. The van der Waals surface area contributed by atoms with E-state index < -0.39 is 6.04 Å². The smallest absolute Gasteiger partial charge is 0.261 e. The van der Waals surface area contributed by atoms with Crippen LogP contribution in [0.2, 0.25) is 0 Å². The van der Waals surface area contributed by atoms with Crippen LogP contribution in [0.15, 0.2) is 78.9 Å². The van der Waals surface area contributed by atoms with Gasteiger partial charge >= 0.3 is 0 Å². The lowest BCUT2D eigenvalue weighted by Gasteiger charge is -2.32. The summed E-state index contributed by atoms with van der Waals surface area (Å²) in [5.74, 6) is 0.679. The second-order valence-electron chi connectivity index (χ2n) is 9.98. The molecule has 3 aromatic carbocycles. The number of carbonyl (C=O) groups is 2. The lowest BCUT2D eigenvalue weighted by molar-refractivity contribution is -0.143. The highest BCUT2D eigenvalue weighted by Gasteiger charge is 2.31. The summed E-state index contributed by atoms with van der Waals surface area (Å²) in [6.07, 6.45) is 1.23. The Balaban J connectivity index is 1.90. The highest BCUT2D eigenvalue weighted by Crippen LogP contribution is 2.20. The Hall–Kier alpha value is -3.60. The summed E-state index contributed by atoms with van der Waals surface area (Å²) < 4.78 is 5.91. The van der Waals surface area contributed by atoms with Crippen molar-refractivity contribution >= 4 is 11.8 Å². The van der Waals surface area contributed by atoms with E-state index in [9.17, 15) is 9.59 Å². The van der Waals surface area contributed by atoms with Gasteiger partial charge in [-0.3, -0.25) is 9.59 Å². The largest absolute Gasteiger partial charge is 0.484 e. The number of aryl methyl sites for hydroxylation is 1. The van der Waals surface area contributed by atoms with Crippen molar-refractivity contribution in [2.45, 2.75) is 72.0 Å². The molecule has 3 aromatic rings. The van der Waals surface area contributed by atoms with Gasteiger partial charge in [-0.2, -0.15) is 0 Å². The Bertz CT molecular complexity index is 1140. The second kappa shape index (κ2) is 13.6. The average Bonchev–Trinajstić information content (AvgIpc) is 2.90. The SMILES string of the molecule is CC[C@@H](C)NC(=O)[C@@H](Cc1ccccc1)N(Cc1ccccc1C)C(=O)COc1ccc(C(C)C)cc1. The molecular formula is C32H40N2O3. The number of nitrogens with one attached hydrogen (secondary N) is 1. The number of carbonyl (C=O) groups excluding carboxylic acids is 2. The van der Waals surface area contributed by atoms with E-state index in [0.29, 0.717) is 24.6 Å². The van der Waals surface area contributed by atoms with Gasteiger partial charge in [-0.1, -0.05) is 87.5 Å². The van der Waals surface area contributed by atoms with Crippen LogP contribution in [0.3, 0.4) is 0 Å². The second-order valence-corrected chi connectivity index (χ2v) is 9.98. The van der Waals surface area contributed by atoms with Crippen LogP contribution in [0, 0.1) is 6.92 Å². The van der Waals surface area contributed by atoms with Crippen molar-refractivity contribution in [3.8, 4) is 5.75 Å². The maximum absolute atomic E-state index is 13.7. The zero-order valence-electron chi connectivity index (χ0n) is 22.7. The van der Waals surface area contributed by atoms with Crippen LogP contribution in [-0.4, -0.2) is 35.4 Å². The van der Waals surface area contributed by atoms with Crippen LogP contribution in [0.25, 0.3) is 0 Å². The first-order valence-electron chi connectivity index (χ1n) is 13.2. The average molecular weight is 501 g/mol. The Labute approximate surface area is 221 Å². The molecule has 0 saturated heterocycles. The monoisotopic (exact) mass is 500 g/mol. The summed E-state index contributed by atoms with van der Waals surface area (Å²) in [6, 6.07) is 25.0. The Morgan fingerprint density at radius 2 is 1.54 bits per heavy atom. The summed E-state index contributed by atoms with van der Waals surface area (Å²) in [7, 11) is 0. The molecule has 5 heteroatoms. The summed E-state index contributed by atoms with van der Waals surface area (Å²) >= 11 is 0. The van der Waals surface area contributed by atoms with Crippen molar-refractivity contribution in [2.75, 3.05) is 6.61 Å². The van der Waals surface area contributed by atoms with Gasteiger partial charge in [0.05, 0.1) is 0 Å². The quantitative estimate of drug-likeness (QED) is 0.329. The third kappa shape index (κ3) is 8.21. The molecule has 0 heterocycles. The third-order valence-electron chi connectivity index (χ3n) is 6.78. The van der Waals surface area contributed by atoms with Crippen LogP contribution in [0.5, 0.6) is 5.75 Å². The van der Waals surface area contributed by atoms with Gasteiger partial charge in [0.1, 0.15) is 11.8 Å². The fourth-order valence-corrected chi connectivity index (χ4v) is 4.14. The van der Waals surface area contributed by atoms with E-state index in [1.165, 1.54) is 5.56 Å². The molecule has 0 unspecified atom stereocenters. The van der Waals surface area contributed by atoms with Gasteiger partial charge in [0.15, 0.2) is 6.61 Å². The molecular weight excluding hydrogens is 460 g/mol. The van der Waals surface area contributed by atoms with E-state index >= 15 is 0 Å². The summed E-state index contributed by atoms with van der Waals surface area (Å²) in [5.41, 5.74) is 4.29. The number of hydrogen-bond donors (Lipinski definition) is 1. The molecule has 0 aliphatic carbocycles. The molecule has 0 spiro atoms. The van der Waals surface area contributed by atoms with E-state index in [1.54, 1.807) is 4.90 Å². The highest BCUT2D eigenvalue weighted by molar-refractivity contribution is 5.88. The first-order valence-corrected chi connectivity index (χ1v) is 13.2. The van der Waals surface area contributed by atoms with Crippen LogP contribution in [-0.2, 0) is 22.6 Å². The van der Waals surface area contributed by atoms with Crippen molar-refractivity contribution in [2.24, 2.45) is 0 Å². The molecule has 0 radical (unpaired) electrons. The van der Waals surface area contributed by atoms with Gasteiger partial charge < -0.3 is 15.0 Å². The molecule has 0 fully saturated rings. The van der Waals surface area contributed by atoms with Gasteiger partial charge in [0.2, 0.25) is 5.91 Å². The number of benzene rings is 3. The highest BCUT2D eigenvalue weighted by atomic mass is 16.5. The summed E-state index contributed by atoms with van der Waals surface area (Å²) in [6.45, 7) is 10.5. The Morgan fingerprint density at radius 1 is 0.892 bits per heavy atom. The molecule has 37 heavy (non-hydrogen) atoms. The standard InChI is InChI=1S/C32H40N2O3/c1-6-25(5)33-32(36)30(20-26-13-8-7-9-14-26)34(21-28-15-11-10-12-24(28)4)31(35)22-37-29-18-16-27(17-19-29)23(2)3/h7-19,23,25,30H,6,20-22H2,1-5H3,(H,33,36)/t25-,30-/m1/s1. The minimum atomic E-state index is -0.671. The van der Waals surface area contributed by atoms with Crippen LogP contribution in [0.1, 0.15) is 62.3 Å². The van der Waals surface area contributed by atoms with Crippen molar-refractivity contribution in [3.05, 3.63) is 101 Å². The normalized spacial score (nSPS) is 12.6. The van der Waals surface area contributed by atoms with Gasteiger partial charge in [0, 0.05) is 19.0 Å². The minimum absolute atomic E-state index is 0.0110. The molecule has 196 valence electrons. The lowest BCUT2D eigenvalue weighted by Crippen LogP contribution is -2.53. The Kier molecular flexibility index (Phi) is 10.3. The minimum Gasteiger partial charge on any atom is -0.484 e. The maximum Gasteiger partial charge on any atom is 0.261 e. The third-order valence-corrected chi connectivity index (χ3v) is 6.78.